The molecule has 10 nitrogen and oxygen atoms in total. The Morgan fingerprint density at radius 3 is 2.71 bits per heavy atom. The lowest BCUT2D eigenvalue weighted by atomic mass is 10.1. The second-order valence-corrected chi connectivity index (χ2v) is 9.01. The Bertz CT molecular complexity index is 1330. The number of aromatic amines is 2. The van der Waals surface area contributed by atoms with Gasteiger partial charge in [-0.3, -0.25) is 10.2 Å². The van der Waals surface area contributed by atoms with Crippen LogP contribution in [0.5, 0.6) is 11.8 Å². The first-order valence-corrected chi connectivity index (χ1v) is 11.9. The highest BCUT2D eigenvalue weighted by molar-refractivity contribution is 5.93. The molecule has 35 heavy (non-hydrogen) atoms. The number of likely N-dealkylation sites (tertiary alicyclic amines) is 1. The van der Waals surface area contributed by atoms with Gasteiger partial charge in [0.25, 0.3) is 0 Å². The summed E-state index contributed by atoms with van der Waals surface area (Å²) in [4.78, 5) is 2.13. The van der Waals surface area contributed by atoms with Crippen molar-refractivity contribution >= 4 is 23.1 Å². The van der Waals surface area contributed by atoms with Crippen LogP contribution in [-0.2, 0) is 7.05 Å². The Kier molecular flexibility index (Phi) is 6.56. The first-order valence-electron chi connectivity index (χ1n) is 11.9. The van der Waals surface area contributed by atoms with Crippen LogP contribution in [0.2, 0.25) is 0 Å². The van der Waals surface area contributed by atoms with Gasteiger partial charge >= 0.3 is 0 Å². The average Bonchev–Trinajstić information content (AvgIpc) is 3.61. The zero-order valence-corrected chi connectivity index (χ0v) is 20.3. The van der Waals surface area contributed by atoms with Gasteiger partial charge < -0.3 is 19.5 Å². The number of aryl methyl sites for hydroxylation is 2. The minimum absolute atomic E-state index is 0.0509. The van der Waals surface area contributed by atoms with Crippen LogP contribution in [0, 0.1) is 6.92 Å². The van der Waals surface area contributed by atoms with E-state index >= 15 is 0 Å². The molecule has 10 heteroatoms. The van der Waals surface area contributed by atoms with Crippen molar-refractivity contribution < 1.29 is 14.6 Å². The highest BCUT2D eigenvalue weighted by Gasteiger charge is 2.16. The SMILES string of the molecule is CN1CCC(O)C1.Cc1[nH]nc2c1/C=C/c1[nH]nc3ccc(cc13)-c1cnn(C)c1OCCCO2. The van der Waals surface area contributed by atoms with E-state index in [4.69, 9.17) is 14.6 Å². The van der Waals surface area contributed by atoms with Crippen LogP contribution in [0.3, 0.4) is 0 Å². The molecule has 184 valence electrons. The summed E-state index contributed by atoms with van der Waals surface area (Å²) in [5.41, 5.74) is 5.71. The van der Waals surface area contributed by atoms with Crippen LogP contribution in [0.15, 0.2) is 24.4 Å². The molecular weight excluding hydrogens is 446 g/mol. The van der Waals surface area contributed by atoms with Gasteiger partial charge in [-0.1, -0.05) is 6.07 Å². The smallest absolute Gasteiger partial charge is 0.240 e. The zero-order chi connectivity index (χ0) is 24.4. The van der Waals surface area contributed by atoms with Crippen molar-refractivity contribution in [1.29, 1.82) is 0 Å². The maximum absolute atomic E-state index is 8.86. The van der Waals surface area contributed by atoms with Crippen LogP contribution in [0.25, 0.3) is 34.2 Å². The van der Waals surface area contributed by atoms with E-state index in [0.29, 0.717) is 19.1 Å². The van der Waals surface area contributed by atoms with E-state index in [9.17, 15) is 0 Å². The first kappa shape index (κ1) is 23.1. The first-order chi connectivity index (χ1) is 17.0. The lowest BCUT2D eigenvalue weighted by Crippen LogP contribution is -2.15. The summed E-state index contributed by atoms with van der Waals surface area (Å²) in [6.07, 6.45) is 7.48. The molecule has 3 N–H and O–H groups in total. The Morgan fingerprint density at radius 2 is 1.94 bits per heavy atom. The quantitative estimate of drug-likeness (QED) is 0.356. The summed E-state index contributed by atoms with van der Waals surface area (Å²) in [6.45, 7) is 4.94. The molecule has 5 heterocycles. The number of ether oxygens (including phenoxy) is 2. The number of rotatable bonds is 0. The van der Waals surface area contributed by atoms with E-state index < -0.39 is 0 Å². The standard InChI is InChI=1S/C20H20N6O2.C5H11NO/c1-12-14-5-7-18-15-10-13(4-6-17(15)23-24-18)16-11-21-26(2)20(16)28-9-3-8-27-19(14)25-22-12;1-6-3-2-5(7)4-6/h4-7,10-11H,3,8-9H2,1-2H3,(H,22,25)(H,23,24);5,7H,2-4H2,1H3/b7-5+;. The summed E-state index contributed by atoms with van der Waals surface area (Å²) < 4.78 is 13.6. The van der Waals surface area contributed by atoms with Crippen LogP contribution >= 0.6 is 0 Å². The molecule has 1 atom stereocenters. The topological polar surface area (TPSA) is 117 Å². The summed E-state index contributed by atoms with van der Waals surface area (Å²) in [5.74, 6) is 1.33. The zero-order valence-electron chi connectivity index (χ0n) is 20.3. The Labute approximate surface area is 203 Å². The molecule has 2 aliphatic heterocycles. The molecule has 0 amide bonds. The number of H-pyrrole nitrogens is 2. The molecule has 3 aromatic heterocycles. The fourth-order valence-corrected chi connectivity index (χ4v) is 4.32. The minimum Gasteiger partial charge on any atom is -0.477 e. The largest absolute Gasteiger partial charge is 0.477 e. The molecule has 0 spiro atoms. The van der Waals surface area contributed by atoms with Crippen LogP contribution in [-0.4, -0.2) is 79.6 Å². The highest BCUT2D eigenvalue weighted by atomic mass is 16.5. The number of β-amino-alcohol motifs (C(OH)–C–C–N with tert-alkyl or cyclic N) is 1. The molecule has 0 aliphatic carbocycles. The average molecular weight is 478 g/mol. The molecule has 0 saturated carbocycles. The lowest BCUT2D eigenvalue weighted by Gasteiger charge is -2.09. The molecular formula is C25H31N7O3. The van der Waals surface area contributed by atoms with Gasteiger partial charge in [0, 0.05) is 37.6 Å². The number of benzene rings is 1. The molecule has 4 aromatic rings. The van der Waals surface area contributed by atoms with Gasteiger partial charge in [-0.2, -0.15) is 10.2 Å². The molecule has 1 saturated heterocycles. The van der Waals surface area contributed by atoms with Crippen molar-refractivity contribution in [2.45, 2.75) is 25.9 Å². The van der Waals surface area contributed by atoms with E-state index in [1.54, 1.807) is 4.68 Å². The fourth-order valence-electron chi connectivity index (χ4n) is 4.32. The molecule has 1 fully saturated rings. The Balaban J connectivity index is 0.000000313. The van der Waals surface area contributed by atoms with Crippen LogP contribution in [0.1, 0.15) is 29.8 Å². The van der Waals surface area contributed by atoms with Gasteiger partial charge in [0.2, 0.25) is 11.8 Å². The number of fused-ring (bicyclic) bond motifs is 4. The van der Waals surface area contributed by atoms with Gasteiger partial charge in [-0.25, -0.2) is 4.68 Å². The second-order valence-electron chi connectivity index (χ2n) is 9.01. The van der Waals surface area contributed by atoms with E-state index in [1.165, 1.54) is 0 Å². The van der Waals surface area contributed by atoms with Crippen LogP contribution < -0.4 is 9.47 Å². The van der Waals surface area contributed by atoms with Gasteiger partial charge in [0.15, 0.2) is 0 Å². The molecule has 1 aromatic carbocycles. The number of nitrogens with zero attached hydrogens (tertiary/aromatic N) is 5. The third-order valence-corrected chi connectivity index (χ3v) is 6.29. The predicted molar refractivity (Wildman–Crippen MR) is 134 cm³/mol. The summed E-state index contributed by atoms with van der Waals surface area (Å²) in [6, 6.07) is 6.16. The van der Waals surface area contributed by atoms with Crippen molar-refractivity contribution in [2.24, 2.45) is 7.05 Å². The highest BCUT2D eigenvalue weighted by Crippen LogP contribution is 2.33. The number of nitrogens with one attached hydrogen (secondary N) is 2. The number of aliphatic hydroxyl groups is 1. The second kappa shape index (κ2) is 9.93. The Hall–Kier alpha value is -3.63. The molecule has 6 rings (SSSR count). The lowest BCUT2D eigenvalue weighted by molar-refractivity contribution is 0.183. The van der Waals surface area contributed by atoms with Crippen molar-refractivity contribution in [1.82, 2.24) is 35.1 Å². The maximum atomic E-state index is 8.86. The number of aromatic nitrogens is 6. The molecule has 2 aliphatic rings. The van der Waals surface area contributed by atoms with E-state index in [0.717, 1.165) is 70.8 Å². The van der Waals surface area contributed by atoms with E-state index in [1.807, 2.05) is 51.5 Å². The fraction of sp³-hybridized carbons (Fsp3) is 0.400. The normalized spacial score (nSPS) is 19.0. The van der Waals surface area contributed by atoms with Gasteiger partial charge in [0.05, 0.1) is 47.9 Å². The van der Waals surface area contributed by atoms with Gasteiger partial charge in [0.1, 0.15) is 0 Å². The van der Waals surface area contributed by atoms with Gasteiger partial charge in [-0.05, 0) is 50.2 Å². The van der Waals surface area contributed by atoms with Crippen molar-refractivity contribution in [3.63, 3.8) is 0 Å². The number of hydrogen-bond acceptors (Lipinski definition) is 7. The third-order valence-electron chi connectivity index (χ3n) is 6.29. The number of likely N-dealkylation sites (N-methyl/N-ethyl adjacent to an activating group) is 1. The van der Waals surface area contributed by atoms with E-state index in [-0.39, 0.29) is 6.10 Å². The Morgan fingerprint density at radius 1 is 1.09 bits per heavy atom. The van der Waals surface area contributed by atoms with Gasteiger partial charge in [-0.15, -0.1) is 5.10 Å². The van der Waals surface area contributed by atoms with Crippen molar-refractivity contribution in [3.05, 3.63) is 41.3 Å². The van der Waals surface area contributed by atoms with Crippen LogP contribution in [0.4, 0.5) is 0 Å². The monoisotopic (exact) mass is 477 g/mol. The predicted octanol–water partition coefficient (Wildman–Crippen LogP) is 3.01. The van der Waals surface area contributed by atoms with Crippen molar-refractivity contribution in [2.75, 3.05) is 33.4 Å². The van der Waals surface area contributed by atoms with Crippen molar-refractivity contribution in [3.8, 4) is 22.9 Å². The molecule has 1 unspecified atom stereocenters. The number of hydrogen-bond donors (Lipinski definition) is 3. The molecule has 2 bridgehead atoms. The third kappa shape index (κ3) is 4.94. The number of aliphatic hydroxyl groups excluding tert-OH is 1. The van der Waals surface area contributed by atoms with E-state index in [2.05, 4.69) is 36.5 Å². The summed E-state index contributed by atoms with van der Waals surface area (Å²) in [7, 11) is 3.91. The minimum atomic E-state index is -0.0509. The summed E-state index contributed by atoms with van der Waals surface area (Å²) >= 11 is 0. The maximum Gasteiger partial charge on any atom is 0.240 e. The summed E-state index contributed by atoms with van der Waals surface area (Å²) in [5, 5.41) is 29.0. The molecule has 0 radical (unpaired) electrons.